The Balaban J connectivity index is 2.03. The summed E-state index contributed by atoms with van der Waals surface area (Å²) in [5.74, 6) is 0.890. The summed E-state index contributed by atoms with van der Waals surface area (Å²) >= 11 is 0. The maximum Gasteiger partial charge on any atom is 0.101 e. The fourth-order valence-electron chi connectivity index (χ4n) is 2.22. The van der Waals surface area contributed by atoms with Gasteiger partial charge in [0, 0.05) is 5.56 Å². The van der Waals surface area contributed by atoms with Crippen LogP contribution in [0.3, 0.4) is 0 Å². The second kappa shape index (κ2) is 4.31. The van der Waals surface area contributed by atoms with Gasteiger partial charge in [-0.15, -0.1) is 0 Å². The Kier molecular flexibility index (Phi) is 2.65. The molecule has 1 heterocycles. The van der Waals surface area contributed by atoms with Crippen molar-refractivity contribution in [1.29, 1.82) is 0 Å². The highest BCUT2D eigenvalue weighted by Gasteiger charge is 2.11. The van der Waals surface area contributed by atoms with Crippen LogP contribution in [0.25, 0.3) is 10.8 Å². The highest BCUT2D eigenvalue weighted by Crippen LogP contribution is 2.24. The molecule has 1 atom stereocenters. The summed E-state index contributed by atoms with van der Waals surface area (Å²) in [5, 5.41) is 2.45. The number of furan rings is 1. The van der Waals surface area contributed by atoms with Gasteiger partial charge in [-0.2, -0.15) is 0 Å². The summed E-state index contributed by atoms with van der Waals surface area (Å²) in [6.07, 6.45) is 1.73. The largest absolute Gasteiger partial charge is 0.469 e. The standard InChI is InChI=1S/C16H15NO/c1-11-8-15(10-18-11)16(17)14-7-6-12-4-2-3-5-13(12)9-14/h2-10,16H,17H2,1H3. The smallest absolute Gasteiger partial charge is 0.101 e. The van der Waals surface area contributed by atoms with E-state index in [9.17, 15) is 0 Å². The Morgan fingerprint density at radius 3 is 2.44 bits per heavy atom. The molecule has 3 aromatic rings. The van der Waals surface area contributed by atoms with Gasteiger partial charge < -0.3 is 10.2 Å². The quantitative estimate of drug-likeness (QED) is 0.736. The van der Waals surface area contributed by atoms with Crippen molar-refractivity contribution < 1.29 is 4.42 Å². The van der Waals surface area contributed by atoms with Gasteiger partial charge >= 0.3 is 0 Å². The molecule has 0 aliphatic rings. The molecule has 0 spiro atoms. The van der Waals surface area contributed by atoms with Crippen LogP contribution in [0.4, 0.5) is 0 Å². The molecule has 0 bridgehead atoms. The van der Waals surface area contributed by atoms with E-state index in [1.54, 1.807) is 6.26 Å². The Morgan fingerprint density at radius 2 is 1.72 bits per heavy atom. The molecule has 0 aliphatic carbocycles. The molecule has 2 heteroatoms. The van der Waals surface area contributed by atoms with E-state index < -0.39 is 0 Å². The number of aryl methyl sites for hydroxylation is 1. The second-order valence-corrected chi connectivity index (χ2v) is 4.57. The molecule has 0 saturated carbocycles. The maximum absolute atomic E-state index is 6.26. The third kappa shape index (κ3) is 1.91. The normalized spacial score (nSPS) is 12.8. The molecule has 0 saturated heterocycles. The van der Waals surface area contributed by atoms with Crippen molar-refractivity contribution in [3.8, 4) is 0 Å². The van der Waals surface area contributed by atoms with Crippen molar-refractivity contribution in [2.45, 2.75) is 13.0 Å². The van der Waals surface area contributed by atoms with E-state index >= 15 is 0 Å². The molecule has 1 aromatic heterocycles. The molecular formula is C16H15NO. The molecule has 2 nitrogen and oxygen atoms in total. The average Bonchev–Trinajstić information content (AvgIpc) is 2.84. The summed E-state index contributed by atoms with van der Waals surface area (Å²) in [4.78, 5) is 0. The summed E-state index contributed by atoms with van der Waals surface area (Å²) in [6, 6.07) is 16.5. The molecule has 0 radical (unpaired) electrons. The van der Waals surface area contributed by atoms with Crippen LogP contribution in [0.2, 0.25) is 0 Å². The predicted molar refractivity (Wildman–Crippen MR) is 73.4 cm³/mol. The summed E-state index contributed by atoms with van der Waals surface area (Å²) in [5.41, 5.74) is 8.38. The van der Waals surface area contributed by atoms with Crippen LogP contribution in [-0.4, -0.2) is 0 Å². The zero-order valence-corrected chi connectivity index (χ0v) is 10.3. The third-order valence-corrected chi connectivity index (χ3v) is 3.24. The second-order valence-electron chi connectivity index (χ2n) is 4.57. The first-order valence-electron chi connectivity index (χ1n) is 6.03. The Bertz CT molecular complexity index is 684. The Hall–Kier alpha value is -2.06. The van der Waals surface area contributed by atoms with Gasteiger partial charge in [-0.1, -0.05) is 36.4 Å². The minimum atomic E-state index is -0.132. The SMILES string of the molecule is Cc1cc(C(N)c2ccc3ccccc3c2)co1. The number of benzene rings is 2. The van der Waals surface area contributed by atoms with Crippen molar-refractivity contribution in [1.82, 2.24) is 0 Å². The lowest BCUT2D eigenvalue weighted by Gasteiger charge is -2.10. The van der Waals surface area contributed by atoms with E-state index in [0.717, 1.165) is 16.9 Å². The van der Waals surface area contributed by atoms with Gasteiger partial charge in [0.25, 0.3) is 0 Å². The van der Waals surface area contributed by atoms with Crippen molar-refractivity contribution in [2.24, 2.45) is 5.73 Å². The number of hydrogen-bond donors (Lipinski definition) is 1. The first-order valence-corrected chi connectivity index (χ1v) is 6.03. The fourth-order valence-corrected chi connectivity index (χ4v) is 2.22. The number of hydrogen-bond acceptors (Lipinski definition) is 2. The number of fused-ring (bicyclic) bond motifs is 1. The number of nitrogens with two attached hydrogens (primary N) is 1. The monoisotopic (exact) mass is 237 g/mol. The molecule has 0 fully saturated rings. The van der Waals surface area contributed by atoms with Crippen LogP contribution in [-0.2, 0) is 0 Å². The first-order chi connectivity index (χ1) is 8.74. The molecule has 2 N–H and O–H groups in total. The van der Waals surface area contributed by atoms with Crippen LogP contribution in [0.1, 0.15) is 22.9 Å². The lowest BCUT2D eigenvalue weighted by atomic mass is 9.99. The molecule has 90 valence electrons. The fraction of sp³-hybridized carbons (Fsp3) is 0.125. The van der Waals surface area contributed by atoms with Crippen LogP contribution >= 0.6 is 0 Å². The van der Waals surface area contributed by atoms with Crippen molar-refractivity contribution in [2.75, 3.05) is 0 Å². The van der Waals surface area contributed by atoms with E-state index in [1.165, 1.54) is 10.8 Å². The molecule has 0 amide bonds. The molecular weight excluding hydrogens is 222 g/mol. The van der Waals surface area contributed by atoms with E-state index in [2.05, 4.69) is 30.3 Å². The summed E-state index contributed by atoms with van der Waals surface area (Å²) in [7, 11) is 0. The predicted octanol–water partition coefficient (Wildman–Crippen LogP) is 3.79. The average molecular weight is 237 g/mol. The van der Waals surface area contributed by atoms with E-state index in [4.69, 9.17) is 10.2 Å². The molecule has 1 unspecified atom stereocenters. The third-order valence-electron chi connectivity index (χ3n) is 3.24. The lowest BCUT2D eigenvalue weighted by Crippen LogP contribution is -2.10. The summed E-state index contributed by atoms with van der Waals surface area (Å²) in [6.45, 7) is 1.93. The van der Waals surface area contributed by atoms with Gasteiger partial charge in [-0.3, -0.25) is 0 Å². The molecule has 3 rings (SSSR count). The Labute approximate surface area is 106 Å². The Morgan fingerprint density at radius 1 is 0.944 bits per heavy atom. The van der Waals surface area contributed by atoms with E-state index in [1.807, 2.05) is 25.1 Å². The first kappa shape index (κ1) is 11.1. The van der Waals surface area contributed by atoms with Crippen LogP contribution < -0.4 is 5.73 Å². The van der Waals surface area contributed by atoms with Crippen molar-refractivity contribution in [3.05, 3.63) is 71.7 Å². The van der Waals surface area contributed by atoms with Crippen molar-refractivity contribution in [3.63, 3.8) is 0 Å². The van der Waals surface area contributed by atoms with E-state index in [0.29, 0.717) is 0 Å². The minimum absolute atomic E-state index is 0.132. The lowest BCUT2D eigenvalue weighted by molar-refractivity contribution is 0.530. The zero-order valence-electron chi connectivity index (χ0n) is 10.3. The maximum atomic E-state index is 6.26. The highest BCUT2D eigenvalue weighted by molar-refractivity contribution is 5.83. The van der Waals surface area contributed by atoms with Gasteiger partial charge in [-0.05, 0) is 35.4 Å². The van der Waals surface area contributed by atoms with Gasteiger partial charge in [-0.25, -0.2) is 0 Å². The van der Waals surface area contributed by atoms with Crippen LogP contribution in [0.5, 0.6) is 0 Å². The number of rotatable bonds is 2. The van der Waals surface area contributed by atoms with Gasteiger partial charge in [0.2, 0.25) is 0 Å². The highest BCUT2D eigenvalue weighted by atomic mass is 16.3. The van der Waals surface area contributed by atoms with Gasteiger partial charge in [0.1, 0.15) is 5.76 Å². The molecule has 2 aromatic carbocycles. The minimum Gasteiger partial charge on any atom is -0.469 e. The van der Waals surface area contributed by atoms with Gasteiger partial charge in [0.05, 0.1) is 12.3 Å². The molecule has 0 aliphatic heterocycles. The van der Waals surface area contributed by atoms with Crippen LogP contribution in [0, 0.1) is 6.92 Å². The summed E-state index contributed by atoms with van der Waals surface area (Å²) < 4.78 is 5.31. The zero-order chi connectivity index (χ0) is 12.5. The topological polar surface area (TPSA) is 39.2 Å². The van der Waals surface area contributed by atoms with Crippen molar-refractivity contribution >= 4 is 10.8 Å². The van der Waals surface area contributed by atoms with E-state index in [-0.39, 0.29) is 6.04 Å². The molecule has 18 heavy (non-hydrogen) atoms. The van der Waals surface area contributed by atoms with Gasteiger partial charge in [0.15, 0.2) is 0 Å². The van der Waals surface area contributed by atoms with Crippen LogP contribution in [0.15, 0.2) is 59.2 Å².